The smallest absolute Gasteiger partial charge is 0.320 e. The summed E-state index contributed by atoms with van der Waals surface area (Å²) in [5.74, 6) is -0.757. The summed E-state index contributed by atoms with van der Waals surface area (Å²) in [4.78, 5) is 11.1. The van der Waals surface area contributed by atoms with Gasteiger partial charge in [0.15, 0.2) is 9.84 Å². The monoisotopic (exact) mass is 277 g/mol. The minimum Gasteiger partial charge on any atom is -0.468 e. The fraction of sp³-hybridized carbons (Fsp3) is 0.917. The molecule has 0 aromatic carbocycles. The molecule has 0 bridgehead atoms. The Labute approximate surface area is 109 Å². The molecular weight excluding hydrogens is 254 g/mol. The van der Waals surface area contributed by atoms with Gasteiger partial charge in [-0.25, -0.2) is 8.42 Å². The predicted octanol–water partition coefficient (Wildman–Crippen LogP) is 0.742. The Bertz CT molecular complexity index is 360. The van der Waals surface area contributed by atoms with E-state index in [2.05, 4.69) is 10.1 Å². The quantitative estimate of drug-likeness (QED) is 0.695. The van der Waals surface area contributed by atoms with Gasteiger partial charge in [0.25, 0.3) is 0 Å². The molecule has 0 heterocycles. The van der Waals surface area contributed by atoms with Crippen LogP contribution in [0.3, 0.4) is 0 Å². The SMILES string of the molecule is CCNC(CS(=O)(=O)CC(=O)OC)C1CCCC1. The molecule has 1 aliphatic carbocycles. The summed E-state index contributed by atoms with van der Waals surface area (Å²) in [6.45, 7) is 2.71. The molecule has 1 aliphatic rings. The zero-order chi connectivity index (χ0) is 13.6. The van der Waals surface area contributed by atoms with Crippen molar-refractivity contribution in [2.75, 3.05) is 25.2 Å². The van der Waals surface area contributed by atoms with Crippen molar-refractivity contribution < 1.29 is 17.9 Å². The van der Waals surface area contributed by atoms with Gasteiger partial charge in [-0.2, -0.15) is 0 Å². The Balaban J connectivity index is 2.61. The van der Waals surface area contributed by atoms with Gasteiger partial charge in [0.2, 0.25) is 0 Å². The third-order valence-electron chi connectivity index (χ3n) is 3.43. The third-order valence-corrected chi connectivity index (χ3v) is 4.98. The Morgan fingerprint density at radius 2 is 2.00 bits per heavy atom. The second kappa shape index (κ2) is 7.09. The van der Waals surface area contributed by atoms with Crippen LogP contribution in [-0.4, -0.2) is 45.6 Å². The molecule has 106 valence electrons. The van der Waals surface area contributed by atoms with E-state index in [1.807, 2.05) is 6.92 Å². The number of methoxy groups -OCH3 is 1. The van der Waals surface area contributed by atoms with Crippen molar-refractivity contribution >= 4 is 15.8 Å². The van der Waals surface area contributed by atoms with Crippen LogP contribution in [0.4, 0.5) is 0 Å². The zero-order valence-electron chi connectivity index (χ0n) is 11.1. The number of hydrogen-bond acceptors (Lipinski definition) is 5. The maximum absolute atomic E-state index is 11.9. The van der Waals surface area contributed by atoms with Crippen LogP contribution in [0.2, 0.25) is 0 Å². The highest BCUT2D eigenvalue weighted by Crippen LogP contribution is 2.28. The average molecular weight is 277 g/mol. The summed E-state index contributed by atoms with van der Waals surface area (Å²) in [6, 6.07) is -0.0350. The summed E-state index contributed by atoms with van der Waals surface area (Å²) < 4.78 is 28.2. The first-order valence-corrected chi connectivity index (χ1v) is 8.31. The lowest BCUT2D eigenvalue weighted by molar-refractivity contribution is -0.137. The maximum Gasteiger partial charge on any atom is 0.320 e. The summed E-state index contributed by atoms with van der Waals surface area (Å²) >= 11 is 0. The van der Waals surface area contributed by atoms with E-state index in [0.29, 0.717) is 5.92 Å². The topological polar surface area (TPSA) is 72.5 Å². The van der Waals surface area contributed by atoms with Crippen molar-refractivity contribution in [3.8, 4) is 0 Å². The van der Waals surface area contributed by atoms with Crippen LogP contribution in [0.25, 0.3) is 0 Å². The highest BCUT2D eigenvalue weighted by Gasteiger charge is 2.29. The summed E-state index contributed by atoms with van der Waals surface area (Å²) in [6.07, 6.45) is 4.49. The Hall–Kier alpha value is -0.620. The lowest BCUT2D eigenvalue weighted by Gasteiger charge is -2.23. The number of carbonyl (C=O) groups is 1. The number of esters is 1. The van der Waals surface area contributed by atoms with Crippen molar-refractivity contribution in [1.29, 1.82) is 0 Å². The van der Waals surface area contributed by atoms with Gasteiger partial charge in [-0.05, 0) is 25.3 Å². The molecule has 1 fully saturated rings. The van der Waals surface area contributed by atoms with Crippen LogP contribution >= 0.6 is 0 Å². The number of ether oxygens (including phenoxy) is 1. The van der Waals surface area contributed by atoms with Gasteiger partial charge in [0.1, 0.15) is 5.75 Å². The molecule has 1 rings (SSSR count). The van der Waals surface area contributed by atoms with Gasteiger partial charge >= 0.3 is 5.97 Å². The number of carbonyl (C=O) groups excluding carboxylic acids is 1. The van der Waals surface area contributed by atoms with Crippen molar-refractivity contribution in [3.63, 3.8) is 0 Å². The lowest BCUT2D eigenvalue weighted by atomic mass is 10.00. The number of hydrogen-bond donors (Lipinski definition) is 1. The van der Waals surface area contributed by atoms with Crippen molar-refractivity contribution in [2.24, 2.45) is 5.92 Å². The standard InChI is InChI=1S/C12H23NO4S/c1-3-13-11(10-6-4-5-7-10)8-18(15,16)9-12(14)17-2/h10-11,13H,3-9H2,1-2H3. The van der Waals surface area contributed by atoms with E-state index >= 15 is 0 Å². The fourth-order valence-electron chi connectivity index (χ4n) is 2.55. The molecule has 1 atom stereocenters. The summed E-state index contributed by atoms with van der Waals surface area (Å²) in [7, 11) is -2.18. The first kappa shape index (κ1) is 15.4. The first-order chi connectivity index (χ1) is 8.48. The van der Waals surface area contributed by atoms with E-state index in [9.17, 15) is 13.2 Å². The molecule has 18 heavy (non-hydrogen) atoms. The molecule has 5 nitrogen and oxygen atoms in total. The number of rotatable bonds is 7. The number of nitrogens with one attached hydrogen (secondary N) is 1. The van der Waals surface area contributed by atoms with E-state index in [0.717, 1.165) is 19.4 Å². The molecular formula is C12H23NO4S. The second-order valence-corrected chi connectivity index (χ2v) is 6.95. The molecule has 1 unspecified atom stereocenters. The first-order valence-electron chi connectivity index (χ1n) is 6.49. The van der Waals surface area contributed by atoms with Gasteiger partial charge in [0.05, 0.1) is 12.9 Å². The largest absolute Gasteiger partial charge is 0.468 e. The van der Waals surface area contributed by atoms with Gasteiger partial charge in [-0.1, -0.05) is 19.8 Å². The highest BCUT2D eigenvalue weighted by molar-refractivity contribution is 7.92. The maximum atomic E-state index is 11.9. The molecule has 0 saturated heterocycles. The van der Waals surface area contributed by atoms with Gasteiger partial charge in [0, 0.05) is 6.04 Å². The lowest BCUT2D eigenvalue weighted by Crippen LogP contribution is -2.42. The number of sulfone groups is 1. The molecule has 1 N–H and O–H groups in total. The second-order valence-electron chi connectivity index (χ2n) is 4.84. The minimum atomic E-state index is -3.39. The predicted molar refractivity (Wildman–Crippen MR) is 70.1 cm³/mol. The summed E-state index contributed by atoms with van der Waals surface area (Å²) in [5.41, 5.74) is 0. The Kier molecular flexibility index (Phi) is 6.08. The van der Waals surface area contributed by atoms with E-state index < -0.39 is 21.6 Å². The van der Waals surface area contributed by atoms with Gasteiger partial charge in [-0.3, -0.25) is 4.79 Å². The van der Waals surface area contributed by atoms with Crippen LogP contribution in [0.5, 0.6) is 0 Å². The van der Waals surface area contributed by atoms with Crippen molar-refractivity contribution in [1.82, 2.24) is 5.32 Å². The van der Waals surface area contributed by atoms with Crippen LogP contribution in [0, 0.1) is 5.92 Å². The van der Waals surface area contributed by atoms with Gasteiger partial charge in [-0.15, -0.1) is 0 Å². The third kappa shape index (κ3) is 4.94. The van der Waals surface area contributed by atoms with E-state index in [1.165, 1.54) is 20.0 Å². The molecule has 0 aliphatic heterocycles. The fourth-order valence-corrected chi connectivity index (χ4v) is 4.09. The molecule has 0 aromatic heterocycles. The molecule has 1 saturated carbocycles. The van der Waals surface area contributed by atoms with Gasteiger partial charge < -0.3 is 10.1 Å². The molecule has 6 heteroatoms. The minimum absolute atomic E-state index is 0.0284. The van der Waals surface area contributed by atoms with Crippen LogP contribution in [0.1, 0.15) is 32.6 Å². The van der Waals surface area contributed by atoms with Crippen LogP contribution in [-0.2, 0) is 19.4 Å². The molecule has 0 aromatic rings. The summed E-state index contributed by atoms with van der Waals surface area (Å²) in [5, 5.41) is 3.24. The van der Waals surface area contributed by atoms with E-state index in [-0.39, 0.29) is 11.8 Å². The molecule has 0 spiro atoms. The Morgan fingerprint density at radius 1 is 1.39 bits per heavy atom. The van der Waals surface area contributed by atoms with Crippen LogP contribution < -0.4 is 5.32 Å². The van der Waals surface area contributed by atoms with Crippen molar-refractivity contribution in [2.45, 2.75) is 38.6 Å². The zero-order valence-corrected chi connectivity index (χ0v) is 12.0. The molecule has 0 radical (unpaired) electrons. The Morgan fingerprint density at radius 3 is 2.50 bits per heavy atom. The average Bonchev–Trinajstić information content (AvgIpc) is 2.80. The van der Waals surface area contributed by atoms with E-state index in [1.54, 1.807) is 0 Å². The van der Waals surface area contributed by atoms with Crippen LogP contribution in [0.15, 0.2) is 0 Å². The normalized spacial score (nSPS) is 18.8. The van der Waals surface area contributed by atoms with Crippen molar-refractivity contribution in [3.05, 3.63) is 0 Å². The van der Waals surface area contributed by atoms with E-state index in [4.69, 9.17) is 0 Å². The highest BCUT2D eigenvalue weighted by atomic mass is 32.2. The molecule has 0 amide bonds.